The Balaban J connectivity index is 2.04. The molecule has 21 heavy (non-hydrogen) atoms. The predicted octanol–water partition coefficient (Wildman–Crippen LogP) is 2.15. The molecule has 1 heterocycles. The van der Waals surface area contributed by atoms with Crippen molar-refractivity contribution < 1.29 is 19.4 Å². The van der Waals surface area contributed by atoms with Crippen LogP contribution in [0.4, 0.5) is 0 Å². The molecule has 5 heteroatoms. The van der Waals surface area contributed by atoms with Crippen LogP contribution < -0.4 is 4.74 Å². The Hall–Kier alpha value is -2.04. The van der Waals surface area contributed by atoms with Crippen LogP contribution >= 0.6 is 0 Å². The normalized spacial score (nSPS) is 20.3. The average molecular weight is 289 g/mol. The zero-order chi connectivity index (χ0) is 15.2. The lowest BCUT2D eigenvalue weighted by Gasteiger charge is -2.27. The van der Waals surface area contributed by atoms with Crippen molar-refractivity contribution in [3.8, 4) is 5.75 Å². The number of carboxylic acid groups (broad SMARTS) is 1. The van der Waals surface area contributed by atoms with Crippen LogP contribution in [0.1, 0.15) is 43.9 Å². The van der Waals surface area contributed by atoms with E-state index in [0.29, 0.717) is 17.7 Å². The molecular formula is C16H19NO4. The number of amides is 1. The Morgan fingerprint density at radius 3 is 2.76 bits per heavy atom. The molecule has 1 saturated carbocycles. The first-order valence-electron chi connectivity index (χ1n) is 7.19. The van der Waals surface area contributed by atoms with E-state index in [0.717, 1.165) is 24.8 Å². The predicted molar refractivity (Wildman–Crippen MR) is 76.2 cm³/mol. The average Bonchev–Trinajstić information content (AvgIpc) is 3.17. The molecule has 0 spiro atoms. The summed E-state index contributed by atoms with van der Waals surface area (Å²) in [6, 6.07) is 4.60. The van der Waals surface area contributed by atoms with Crippen LogP contribution in [-0.4, -0.2) is 34.0 Å². The van der Waals surface area contributed by atoms with Crippen LogP contribution in [0.2, 0.25) is 0 Å². The third-order valence-corrected chi connectivity index (χ3v) is 4.04. The van der Waals surface area contributed by atoms with Crippen molar-refractivity contribution >= 4 is 12.4 Å². The topological polar surface area (TPSA) is 66.8 Å². The van der Waals surface area contributed by atoms with Crippen LogP contribution in [0.3, 0.4) is 0 Å². The number of para-hydroxylation sites is 1. The van der Waals surface area contributed by atoms with E-state index in [9.17, 15) is 14.7 Å². The van der Waals surface area contributed by atoms with Gasteiger partial charge in [-0.25, -0.2) is 4.79 Å². The molecule has 1 atom stereocenters. The second-order valence-electron chi connectivity index (χ2n) is 6.40. The number of benzene rings is 1. The number of ether oxygens (including phenoxy) is 1. The largest absolute Gasteiger partial charge is 0.487 e. The van der Waals surface area contributed by atoms with Crippen LogP contribution in [0, 0.1) is 0 Å². The molecule has 1 aliphatic heterocycles. The molecule has 112 valence electrons. The van der Waals surface area contributed by atoms with E-state index in [1.54, 1.807) is 6.07 Å². The summed E-state index contributed by atoms with van der Waals surface area (Å²) < 4.78 is 5.95. The van der Waals surface area contributed by atoms with Crippen molar-refractivity contribution in [2.45, 2.75) is 50.8 Å². The lowest BCUT2D eigenvalue weighted by molar-refractivity contribution is -0.147. The Morgan fingerprint density at radius 2 is 2.19 bits per heavy atom. The number of nitrogens with zero attached hydrogens (tertiary/aromatic N) is 1. The van der Waals surface area contributed by atoms with Crippen molar-refractivity contribution in [3.63, 3.8) is 0 Å². The van der Waals surface area contributed by atoms with Gasteiger partial charge in [0.2, 0.25) is 6.41 Å². The highest BCUT2D eigenvalue weighted by atomic mass is 16.5. The molecule has 0 saturated heterocycles. The Kier molecular flexibility index (Phi) is 3.15. The number of fused-ring (bicyclic) bond motifs is 1. The number of carboxylic acids is 1. The highest BCUT2D eigenvalue weighted by Crippen LogP contribution is 2.43. The molecule has 2 aliphatic rings. The molecule has 0 bridgehead atoms. The van der Waals surface area contributed by atoms with E-state index in [-0.39, 0.29) is 11.6 Å². The van der Waals surface area contributed by atoms with E-state index in [1.807, 2.05) is 26.0 Å². The van der Waals surface area contributed by atoms with Crippen molar-refractivity contribution in [1.29, 1.82) is 0 Å². The summed E-state index contributed by atoms with van der Waals surface area (Å²) in [7, 11) is 0. The molecule has 0 aromatic heterocycles. The van der Waals surface area contributed by atoms with Crippen LogP contribution in [0.5, 0.6) is 5.75 Å². The Bertz CT molecular complexity index is 592. The first-order valence-corrected chi connectivity index (χ1v) is 7.19. The fourth-order valence-corrected chi connectivity index (χ4v) is 3.01. The summed E-state index contributed by atoms with van der Waals surface area (Å²) in [6.45, 7) is 3.95. The van der Waals surface area contributed by atoms with Gasteiger partial charge < -0.3 is 14.7 Å². The maximum absolute atomic E-state index is 11.7. The molecule has 0 radical (unpaired) electrons. The van der Waals surface area contributed by atoms with Gasteiger partial charge in [-0.3, -0.25) is 4.79 Å². The fraction of sp³-hybridized carbons (Fsp3) is 0.500. The van der Waals surface area contributed by atoms with Gasteiger partial charge in [-0.2, -0.15) is 0 Å². The molecule has 1 unspecified atom stereocenters. The molecule has 1 aromatic carbocycles. The summed E-state index contributed by atoms with van der Waals surface area (Å²) in [5, 5.41) is 9.61. The first kappa shape index (κ1) is 13.9. The zero-order valence-corrected chi connectivity index (χ0v) is 12.2. The second kappa shape index (κ2) is 4.76. The molecule has 1 aromatic rings. The number of carbonyl (C=O) groups excluding carboxylic acids is 1. The highest BCUT2D eigenvalue weighted by Gasteiger charge is 2.41. The summed E-state index contributed by atoms with van der Waals surface area (Å²) in [6.07, 6.45) is 3.12. The first-order chi connectivity index (χ1) is 9.93. The molecule has 1 amide bonds. The van der Waals surface area contributed by atoms with E-state index in [2.05, 4.69) is 0 Å². The lowest BCUT2D eigenvalue weighted by Crippen LogP contribution is -2.35. The van der Waals surface area contributed by atoms with E-state index in [1.165, 1.54) is 4.90 Å². The number of aliphatic carboxylic acids is 1. The summed E-state index contributed by atoms with van der Waals surface area (Å²) in [5.41, 5.74) is 1.24. The van der Waals surface area contributed by atoms with Gasteiger partial charge in [-0.05, 0) is 32.3 Å². The fourth-order valence-electron chi connectivity index (χ4n) is 3.01. The van der Waals surface area contributed by atoms with Gasteiger partial charge in [0.25, 0.3) is 0 Å². The standard InChI is InChI=1S/C16H19NO4/c1-16(2)8-10-4-3-5-12(14(10)21-16)13(15(19)20)17(9-18)11-6-7-11/h3-5,9,11,13H,6-8H2,1-2H3,(H,19,20). The van der Waals surface area contributed by atoms with Gasteiger partial charge in [-0.15, -0.1) is 0 Å². The minimum atomic E-state index is -1.02. The van der Waals surface area contributed by atoms with Crippen molar-refractivity contribution in [3.05, 3.63) is 29.3 Å². The highest BCUT2D eigenvalue weighted by molar-refractivity contribution is 5.80. The summed E-state index contributed by atoms with van der Waals surface area (Å²) in [5.74, 6) is -0.391. The number of rotatable bonds is 5. The quantitative estimate of drug-likeness (QED) is 0.843. The minimum Gasteiger partial charge on any atom is -0.487 e. The number of hydrogen-bond acceptors (Lipinski definition) is 3. The molecular weight excluding hydrogens is 270 g/mol. The number of hydrogen-bond donors (Lipinski definition) is 1. The third-order valence-electron chi connectivity index (χ3n) is 4.04. The monoisotopic (exact) mass is 289 g/mol. The molecule has 1 fully saturated rings. The third kappa shape index (κ3) is 2.48. The molecule has 1 aliphatic carbocycles. The van der Waals surface area contributed by atoms with Gasteiger partial charge in [0.15, 0.2) is 6.04 Å². The molecule has 3 rings (SSSR count). The van der Waals surface area contributed by atoms with Crippen LogP contribution in [-0.2, 0) is 16.0 Å². The zero-order valence-electron chi connectivity index (χ0n) is 12.2. The summed E-state index contributed by atoms with van der Waals surface area (Å²) >= 11 is 0. The molecule has 5 nitrogen and oxygen atoms in total. The molecule has 1 N–H and O–H groups in total. The smallest absolute Gasteiger partial charge is 0.331 e. The van der Waals surface area contributed by atoms with Gasteiger partial charge in [-0.1, -0.05) is 18.2 Å². The van der Waals surface area contributed by atoms with Gasteiger partial charge in [0, 0.05) is 18.0 Å². The summed E-state index contributed by atoms with van der Waals surface area (Å²) in [4.78, 5) is 24.5. The van der Waals surface area contributed by atoms with E-state index < -0.39 is 12.0 Å². The Labute approximate surface area is 123 Å². The van der Waals surface area contributed by atoms with Gasteiger partial charge in [0.05, 0.1) is 0 Å². The van der Waals surface area contributed by atoms with E-state index in [4.69, 9.17) is 4.74 Å². The van der Waals surface area contributed by atoms with Gasteiger partial charge in [0.1, 0.15) is 11.4 Å². The van der Waals surface area contributed by atoms with Crippen molar-refractivity contribution in [2.75, 3.05) is 0 Å². The number of carbonyl (C=O) groups is 2. The SMILES string of the molecule is CC1(C)Cc2cccc(C(C(=O)O)N(C=O)C3CC3)c2O1. The Morgan fingerprint density at radius 1 is 1.48 bits per heavy atom. The minimum absolute atomic E-state index is 0.0360. The maximum Gasteiger partial charge on any atom is 0.331 e. The van der Waals surface area contributed by atoms with E-state index >= 15 is 0 Å². The maximum atomic E-state index is 11.7. The van der Waals surface area contributed by atoms with Crippen LogP contribution in [0.15, 0.2) is 18.2 Å². The van der Waals surface area contributed by atoms with Crippen molar-refractivity contribution in [1.82, 2.24) is 4.90 Å². The van der Waals surface area contributed by atoms with Gasteiger partial charge >= 0.3 is 5.97 Å². The van der Waals surface area contributed by atoms with Crippen molar-refractivity contribution in [2.24, 2.45) is 0 Å². The van der Waals surface area contributed by atoms with Crippen LogP contribution in [0.25, 0.3) is 0 Å². The second-order valence-corrected chi connectivity index (χ2v) is 6.40. The lowest BCUT2D eigenvalue weighted by atomic mass is 9.97.